The summed E-state index contributed by atoms with van der Waals surface area (Å²) in [4.78, 5) is 26.2. The van der Waals surface area contributed by atoms with Crippen LogP contribution in [0, 0.1) is 5.92 Å². The van der Waals surface area contributed by atoms with E-state index in [0.29, 0.717) is 34.9 Å². The Balaban J connectivity index is 1.60. The SMILES string of the molecule is CCOCc1nnc(NC(=O)[C@@H]2CC(=O)N(c3ccc(Cl)cc3)C2)s1. The number of carbonyl (C=O) groups excluding carboxylic acids is 2. The van der Waals surface area contributed by atoms with Gasteiger partial charge < -0.3 is 15.0 Å². The Kier molecular flexibility index (Phi) is 5.62. The highest BCUT2D eigenvalue weighted by molar-refractivity contribution is 7.15. The predicted molar refractivity (Wildman–Crippen MR) is 95.8 cm³/mol. The first-order valence-corrected chi connectivity index (χ1v) is 9.03. The van der Waals surface area contributed by atoms with Crippen molar-refractivity contribution in [2.75, 3.05) is 23.4 Å². The lowest BCUT2D eigenvalue weighted by molar-refractivity contribution is -0.122. The van der Waals surface area contributed by atoms with Gasteiger partial charge in [-0.3, -0.25) is 9.59 Å². The van der Waals surface area contributed by atoms with Crippen LogP contribution in [-0.2, 0) is 20.9 Å². The number of nitrogens with zero attached hydrogens (tertiary/aromatic N) is 3. The Bertz CT molecular complexity index is 765. The normalized spacial score (nSPS) is 17.1. The van der Waals surface area contributed by atoms with Gasteiger partial charge in [0.2, 0.25) is 16.9 Å². The van der Waals surface area contributed by atoms with E-state index in [1.165, 1.54) is 11.3 Å². The molecule has 2 amide bonds. The van der Waals surface area contributed by atoms with Crippen LogP contribution in [0.5, 0.6) is 0 Å². The molecule has 0 unspecified atom stereocenters. The number of nitrogens with one attached hydrogen (secondary N) is 1. The molecule has 1 saturated heterocycles. The molecule has 2 aromatic rings. The molecule has 25 heavy (non-hydrogen) atoms. The van der Waals surface area contributed by atoms with E-state index in [-0.39, 0.29) is 18.2 Å². The number of benzene rings is 1. The zero-order valence-corrected chi connectivity index (χ0v) is 15.1. The Hall–Kier alpha value is -2.03. The average Bonchev–Trinajstić information content (AvgIpc) is 3.20. The topological polar surface area (TPSA) is 84.4 Å². The van der Waals surface area contributed by atoms with Crippen LogP contribution in [0.2, 0.25) is 5.02 Å². The van der Waals surface area contributed by atoms with Crippen molar-refractivity contribution >= 4 is 45.6 Å². The molecule has 0 spiro atoms. The van der Waals surface area contributed by atoms with Gasteiger partial charge in [-0.1, -0.05) is 22.9 Å². The number of ether oxygens (including phenoxy) is 1. The second-order valence-electron chi connectivity index (χ2n) is 5.51. The highest BCUT2D eigenvalue weighted by Gasteiger charge is 2.35. The quantitative estimate of drug-likeness (QED) is 0.832. The molecule has 1 atom stereocenters. The molecule has 1 N–H and O–H groups in total. The van der Waals surface area contributed by atoms with E-state index in [0.717, 1.165) is 5.69 Å². The zero-order chi connectivity index (χ0) is 17.8. The number of carbonyl (C=O) groups is 2. The van der Waals surface area contributed by atoms with E-state index in [9.17, 15) is 9.59 Å². The minimum atomic E-state index is -0.428. The van der Waals surface area contributed by atoms with Gasteiger partial charge in [-0.25, -0.2) is 0 Å². The van der Waals surface area contributed by atoms with Crippen molar-refractivity contribution in [1.29, 1.82) is 0 Å². The summed E-state index contributed by atoms with van der Waals surface area (Å²) >= 11 is 7.14. The van der Waals surface area contributed by atoms with Crippen LogP contribution in [0.15, 0.2) is 24.3 Å². The summed E-state index contributed by atoms with van der Waals surface area (Å²) in [7, 11) is 0. The average molecular weight is 381 g/mol. The fraction of sp³-hybridized carbons (Fsp3) is 0.375. The number of amides is 2. The van der Waals surface area contributed by atoms with E-state index < -0.39 is 5.92 Å². The number of aromatic nitrogens is 2. The zero-order valence-electron chi connectivity index (χ0n) is 13.6. The summed E-state index contributed by atoms with van der Waals surface area (Å²) in [6.07, 6.45) is 0.166. The lowest BCUT2D eigenvalue weighted by Gasteiger charge is -2.16. The van der Waals surface area contributed by atoms with E-state index >= 15 is 0 Å². The van der Waals surface area contributed by atoms with Crippen LogP contribution in [0.4, 0.5) is 10.8 Å². The first kappa shape index (κ1) is 17.8. The third-order valence-electron chi connectivity index (χ3n) is 3.76. The van der Waals surface area contributed by atoms with Gasteiger partial charge in [0.15, 0.2) is 0 Å². The van der Waals surface area contributed by atoms with Crippen molar-refractivity contribution in [3.8, 4) is 0 Å². The van der Waals surface area contributed by atoms with Crippen molar-refractivity contribution in [3.05, 3.63) is 34.3 Å². The van der Waals surface area contributed by atoms with Gasteiger partial charge in [0, 0.05) is 30.3 Å². The molecule has 1 aliphatic rings. The molecule has 0 radical (unpaired) electrons. The van der Waals surface area contributed by atoms with Crippen LogP contribution >= 0.6 is 22.9 Å². The molecular weight excluding hydrogens is 364 g/mol. The smallest absolute Gasteiger partial charge is 0.231 e. The Labute approximate surface area is 153 Å². The van der Waals surface area contributed by atoms with Gasteiger partial charge >= 0.3 is 0 Å². The fourth-order valence-electron chi connectivity index (χ4n) is 2.51. The Morgan fingerprint density at radius 3 is 2.88 bits per heavy atom. The maximum absolute atomic E-state index is 12.4. The summed E-state index contributed by atoms with van der Waals surface area (Å²) in [5.41, 5.74) is 0.736. The lowest BCUT2D eigenvalue weighted by Crippen LogP contribution is -2.28. The molecule has 1 aromatic carbocycles. The number of halogens is 1. The fourth-order valence-corrected chi connectivity index (χ4v) is 3.32. The molecule has 0 aliphatic carbocycles. The van der Waals surface area contributed by atoms with Gasteiger partial charge in [-0.15, -0.1) is 10.2 Å². The van der Waals surface area contributed by atoms with Crippen molar-refractivity contribution in [3.63, 3.8) is 0 Å². The minimum Gasteiger partial charge on any atom is -0.374 e. The van der Waals surface area contributed by atoms with E-state index in [1.54, 1.807) is 29.2 Å². The molecule has 3 rings (SSSR count). The maximum atomic E-state index is 12.4. The monoisotopic (exact) mass is 380 g/mol. The highest BCUT2D eigenvalue weighted by Crippen LogP contribution is 2.27. The van der Waals surface area contributed by atoms with E-state index in [4.69, 9.17) is 16.3 Å². The summed E-state index contributed by atoms with van der Waals surface area (Å²) in [5.74, 6) is -0.747. The van der Waals surface area contributed by atoms with Crippen molar-refractivity contribution in [1.82, 2.24) is 10.2 Å². The Morgan fingerprint density at radius 2 is 2.16 bits per heavy atom. The van der Waals surface area contributed by atoms with Gasteiger partial charge in [-0.2, -0.15) is 0 Å². The summed E-state index contributed by atoms with van der Waals surface area (Å²) < 4.78 is 5.26. The van der Waals surface area contributed by atoms with Crippen molar-refractivity contribution in [2.45, 2.75) is 20.0 Å². The molecule has 2 heterocycles. The second kappa shape index (κ2) is 7.90. The first-order valence-electron chi connectivity index (χ1n) is 7.83. The van der Waals surface area contributed by atoms with Gasteiger partial charge in [0.25, 0.3) is 0 Å². The van der Waals surface area contributed by atoms with Gasteiger partial charge in [0.05, 0.1) is 5.92 Å². The summed E-state index contributed by atoms with van der Waals surface area (Å²) in [5, 5.41) is 12.3. The third kappa shape index (κ3) is 4.33. The number of anilines is 2. The second-order valence-corrected chi connectivity index (χ2v) is 7.01. The number of rotatable bonds is 6. The molecule has 132 valence electrons. The van der Waals surface area contributed by atoms with E-state index in [1.807, 2.05) is 6.92 Å². The molecule has 0 saturated carbocycles. The van der Waals surface area contributed by atoms with Crippen LogP contribution in [0.3, 0.4) is 0 Å². The van der Waals surface area contributed by atoms with E-state index in [2.05, 4.69) is 15.5 Å². The van der Waals surface area contributed by atoms with Crippen LogP contribution < -0.4 is 10.2 Å². The number of hydrogen-bond donors (Lipinski definition) is 1. The highest BCUT2D eigenvalue weighted by atomic mass is 35.5. The third-order valence-corrected chi connectivity index (χ3v) is 4.82. The molecule has 1 aromatic heterocycles. The molecule has 1 aliphatic heterocycles. The predicted octanol–water partition coefficient (Wildman–Crippen LogP) is 2.72. The molecule has 7 nitrogen and oxygen atoms in total. The lowest BCUT2D eigenvalue weighted by atomic mass is 10.1. The van der Waals surface area contributed by atoms with Crippen molar-refractivity contribution < 1.29 is 14.3 Å². The van der Waals surface area contributed by atoms with Gasteiger partial charge in [0.1, 0.15) is 11.6 Å². The van der Waals surface area contributed by atoms with Gasteiger partial charge in [-0.05, 0) is 31.2 Å². The maximum Gasteiger partial charge on any atom is 0.231 e. The molecule has 1 fully saturated rings. The van der Waals surface area contributed by atoms with Crippen LogP contribution in [-0.4, -0.2) is 35.2 Å². The first-order chi connectivity index (χ1) is 12.1. The Morgan fingerprint density at radius 1 is 1.40 bits per heavy atom. The molecule has 9 heteroatoms. The largest absolute Gasteiger partial charge is 0.374 e. The minimum absolute atomic E-state index is 0.0863. The molecular formula is C16H17ClN4O3S. The molecule has 0 bridgehead atoms. The summed E-state index contributed by atoms with van der Waals surface area (Å²) in [6.45, 7) is 3.19. The van der Waals surface area contributed by atoms with Crippen LogP contribution in [0.1, 0.15) is 18.4 Å². The van der Waals surface area contributed by atoms with Crippen molar-refractivity contribution in [2.24, 2.45) is 5.92 Å². The summed E-state index contributed by atoms with van der Waals surface area (Å²) in [6, 6.07) is 6.98. The number of hydrogen-bond acceptors (Lipinski definition) is 6. The standard InChI is InChI=1S/C16H17ClN4O3S/c1-2-24-9-13-19-20-16(25-13)18-15(23)10-7-14(22)21(8-10)12-5-3-11(17)4-6-12/h3-6,10H,2,7-9H2,1H3,(H,18,20,23)/t10-/m1/s1. The van der Waals surface area contributed by atoms with Crippen LogP contribution in [0.25, 0.3) is 0 Å².